The molecule has 18 heavy (non-hydrogen) atoms. The normalized spacial score (nSPS) is 12.8. The van der Waals surface area contributed by atoms with E-state index in [4.69, 9.17) is 0 Å². The Morgan fingerprint density at radius 1 is 1.39 bits per heavy atom. The molecule has 98 valence electrons. The fourth-order valence-corrected chi connectivity index (χ4v) is 3.02. The second kappa shape index (κ2) is 6.16. The molecule has 4 heteroatoms. The number of hydrogen-bond acceptors (Lipinski definition) is 3. The molecule has 2 aromatic heterocycles. The quantitative estimate of drug-likeness (QED) is 0.866. The van der Waals surface area contributed by atoms with Gasteiger partial charge in [0, 0.05) is 28.7 Å². The molecule has 2 heterocycles. The van der Waals surface area contributed by atoms with E-state index >= 15 is 0 Å². The Morgan fingerprint density at radius 3 is 2.83 bits per heavy atom. The summed E-state index contributed by atoms with van der Waals surface area (Å²) in [6.07, 6.45) is 5.07. The van der Waals surface area contributed by atoms with Crippen molar-refractivity contribution in [2.45, 2.75) is 39.8 Å². The lowest BCUT2D eigenvalue weighted by Gasteiger charge is -2.18. The molecule has 0 fully saturated rings. The summed E-state index contributed by atoms with van der Waals surface area (Å²) < 4.78 is 2.21. The first-order valence-electron chi connectivity index (χ1n) is 6.57. The number of thiophene rings is 1. The van der Waals surface area contributed by atoms with E-state index in [2.05, 4.69) is 54.0 Å². The van der Waals surface area contributed by atoms with Crippen molar-refractivity contribution in [1.82, 2.24) is 14.9 Å². The third-order valence-corrected chi connectivity index (χ3v) is 4.06. The third-order valence-electron chi connectivity index (χ3n) is 2.99. The van der Waals surface area contributed by atoms with Crippen LogP contribution in [0.5, 0.6) is 0 Å². The number of aryl methyl sites for hydroxylation is 2. The van der Waals surface area contributed by atoms with Crippen LogP contribution in [0.4, 0.5) is 0 Å². The van der Waals surface area contributed by atoms with Crippen molar-refractivity contribution in [3.63, 3.8) is 0 Å². The van der Waals surface area contributed by atoms with Crippen molar-refractivity contribution >= 4 is 11.3 Å². The molecule has 1 unspecified atom stereocenters. The molecule has 0 aliphatic heterocycles. The second-order valence-corrected chi connectivity index (χ2v) is 5.73. The van der Waals surface area contributed by atoms with Crippen LogP contribution in [0, 0.1) is 6.92 Å². The average Bonchev–Trinajstić information content (AvgIpc) is 2.99. The fraction of sp³-hybridized carbons (Fsp3) is 0.500. The lowest BCUT2D eigenvalue weighted by molar-refractivity contribution is 0.547. The van der Waals surface area contributed by atoms with Crippen LogP contribution in [-0.2, 0) is 6.54 Å². The topological polar surface area (TPSA) is 29.9 Å². The number of rotatable bonds is 6. The summed E-state index contributed by atoms with van der Waals surface area (Å²) in [6, 6.07) is 4.61. The van der Waals surface area contributed by atoms with Gasteiger partial charge in [-0.2, -0.15) is 0 Å². The highest BCUT2D eigenvalue weighted by molar-refractivity contribution is 7.12. The summed E-state index contributed by atoms with van der Waals surface area (Å²) in [7, 11) is 0. The van der Waals surface area contributed by atoms with Gasteiger partial charge in [0.05, 0.1) is 0 Å². The Labute approximate surface area is 113 Å². The molecular formula is C14H21N3S. The summed E-state index contributed by atoms with van der Waals surface area (Å²) in [4.78, 5) is 7.23. The predicted octanol–water partition coefficient (Wildman–Crippen LogP) is 3.36. The molecule has 0 aliphatic rings. The minimum atomic E-state index is 0.221. The summed E-state index contributed by atoms with van der Waals surface area (Å²) >= 11 is 1.85. The van der Waals surface area contributed by atoms with Gasteiger partial charge in [-0.25, -0.2) is 4.98 Å². The second-order valence-electron chi connectivity index (χ2n) is 4.41. The molecular weight excluding hydrogens is 242 g/mol. The van der Waals surface area contributed by atoms with Gasteiger partial charge in [0.1, 0.15) is 11.9 Å². The molecule has 0 radical (unpaired) electrons. The van der Waals surface area contributed by atoms with Crippen molar-refractivity contribution in [1.29, 1.82) is 0 Å². The van der Waals surface area contributed by atoms with Crippen molar-refractivity contribution in [2.24, 2.45) is 0 Å². The molecule has 0 amide bonds. The van der Waals surface area contributed by atoms with Gasteiger partial charge in [-0.1, -0.05) is 6.92 Å². The highest BCUT2D eigenvalue weighted by Crippen LogP contribution is 2.27. The first-order valence-corrected chi connectivity index (χ1v) is 7.38. The molecule has 0 saturated carbocycles. The average molecular weight is 263 g/mol. The van der Waals surface area contributed by atoms with Gasteiger partial charge >= 0.3 is 0 Å². The molecule has 0 aliphatic carbocycles. The number of nitrogens with one attached hydrogen (secondary N) is 1. The van der Waals surface area contributed by atoms with Crippen LogP contribution in [0.25, 0.3) is 0 Å². The molecule has 2 aromatic rings. The smallest absolute Gasteiger partial charge is 0.131 e. The SMILES string of the molecule is CCCNC(c1ccc(C)s1)c1nccn1CC. The van der Waals surface area contributed by atoms with Gasteiger partial charge in [-0.15, -0.1) is 11.3 Å². The summed E-state index contributed by atoms with van der Waals surface area (Å²) in [5.74, 6) is 1.12. The zero-order valence-electron chi connectivity index (χ0n) is 11.3. The Hall–Kier alpha value is -1.13. The van der Waals surface area contributed by atoms with Gasteiger partial charge in [-0.3, -0.25) is 0 Å². The third kappa shape index (κ3) is 2.82. The largest absolute Gasteiger partial charge is 0.334 e. The van der Waals surface area contributed by atoms with E-state index in [9.17, 15) is 0 Å². The number of imidazole rings is 1. The molecule has 0 saturated heterocycles. The monoisotopic (exact) mass is 263 g/mol. The Morgan fingerprint density at radius 2 is 2.22 bits per heavy atom. The van der Waals surface area contributed by atoms with Crippen molar-refractivity contribution in [3.05, 3.63) is 40.1 Å². The van der Waals surface area contributed by atoms with Gasteiger partial charge in [0.25, 0.3) is 0 Å². The van der Waals surface area contributed by atoms with E-state index < -0.39 is 0 Å². The number of nitrogens with zero attached hydrogens (tertiary/aromatic N) is 2. The minimum absolute atomic E-state index is 0.221. The van der Waals surface area contributed by atoms with Crippen molar-refractivity contribution < 1.29 is 0 Å². The molecule has 0 spiro atoms. The lowest BCUT2D eigenvalue weighted by atomic mass is 10.2. The van der Waals surface area contributed by atoms with Crippen molar-refractivity contribution in [3.8, 4) is 0 Å². The zero-order valence-corrected chi connectivity index (χ0v) is 12.1. The van der Waals surface area contributed by atoms with Crippen LogP contribution in [0.2, 0.25) is 0 Å². The zero-order chi connectivity index (χ0) is 13.0. The van der Waals surface area contributed by atoms with Crippen molar-refractivity contribution in [2.75, 3.05) is 6.54 Å². The molecule has 1 N–H and O–H groups in total. The Bertz CT molecular complexity index is 487. The lowest BCUT2D eigenvalue weighted by Crippen LogP contribution is -2.25. The van der Waals surface area contributed by atoms with E-state index in [-0.39, 0.29) is 6.04 Å². The predicted molar refractivity (Wildman–Crippen MR) is 77.1 cm³/mol. The standard InChI is InChI=1S/C14H21N3S/c1-4-8-15-13(12-7-6-11(3)18-12)14-16-9-10-17(14)5-2/h6-7,9-10,13,15H,4-5,8H2,1-3H3. The van der Waals surface area contributed by atoms with Gasteiger partial charge < -0.3 is 9.88 Å². The first kappa shape index (κ1) is 13.3. The van der Waals surface area contributed by atoms with Crippen LogP contribution in [0.15, 0.2) is 24.5 Å². The van der Waals surface area contributed by atoms with E-state index in [1.807, 2.05) is 17.5 Å². The fourth-order valence-electron chi connectivity index (χ4n) is 2.06. The highest BCUT2D eigenvalue weighted by atomic mass is 32.1. The van der Waals surface area contributed by atoms with Gasteiger partial charge in [-0.05, 0) is 38.9 Å². The van der Waals surface area contributed by atoms with E-state index in [0.717, 1.165) is 25.3 Å². The maximum atomic E-state index is 4.53. The van der Waals surface area contributed by atoms with Crippen LogP contribution in [-0.4, -0.2) is 16.1 Å². The molecule has 0 aromatic carbocycles. The highest BCUT2D eigenvalue weighted by Gasteiger charge is 2.19. The minimum Gasteiger partial charge on any atom is -0.334 e. The van der Waals surface area contributed by atoms with Crippen LogP contribution < -0.4 is 5.32 Å². The summed E-state index contributed by atoms with van der Waals surface area (Å²) in [6.45, 7) is 8.47. The maximum absolute atomic E-state index is 4.53. The maximum Gasteiger partial charge on any atom is 0.131 e. The van der Waals surface area contributed by atoms with Crippen LogP contribution in [0.3, 0.4) is 0 Å². The Balaban J connectivity index is 2.30. The summed E-state index contributed by atoms with van der Waals surface area (Å²) in [5.41, 5.74) is 0. The van der Waals surface area contributed by atoms with E-state index in [1.54, 1.807) is 0 Å². The molecule has 2 rings (SSSR count). The Kier molecular flexibility index (Phi) is 4.55. The molecule has 3 nitrogen and oxygen atoms in total. The van der Waals surface area contributed by atoms with Crippen LogP contribution in [0.1, 0.15) is 41.9 Å². The number of hydrogen-bond donors (Lipinski definition) is 1. The molecule has 1 atom stereocenters. The van der Waals surface area contributed by atoms with E-state index in [1.165, 1.54) is 9.75 Å². The van der Waals surface area contributed by atoms with E-state index in [0.29, 0.717) is 0 Å². The molecule has 0 bridgehead atoms. The van der Waals surface area contributed by atoms with Crippen LogP contribution >= 0.6 is 11.3 Å². The van der Waals surface area contributed by atoms with Gasteiger partial charge in [0.15, 0.2) is 0 Å². The van der Waals surface area contributed by atoms with Gasteiger partial charge in [0.2, 0.25) is 0 Å². The summed E-state index contributed by atoms with van der Waals surface area (Å²) in [5, 5.41) is 3.60. The number of aromatic nitrogens is 2. The first-order chi connectivity index (χ1) is 8.76.